The minimum atomic E-state index is 0.489. The monoisotopic (exact) mass is 250 g/mol. The second kappa shape index (κ2) is 6.34. The van der Waals surface area contributed by atoms with Gasteiger partial charge in [-0.1, -0.05) is 0 Å². The van der Waals surface area contributed by atoms with E-state index in [0.29, 0.717) is 6.04 Å². The van der Waals surface area contributed by atoms with E-state index in [4.69, 9.17) is 0 Å². The number of nitrogens with one attached hydrogen (secondary N) is 1. The average Bonchev–Trinajstić information content (AvgIpc) is 2.82. The summed E-state index contributed by atoms with van der Waals surface area (Å²) in [6, 6.07) is 2.63. The van der Waals surface area contributed by atoms with Crippen LogP contribution in [0.2, 0.25) is 0 Å². The van der Waals surface area contributed by atoms with Gasteiger partial charge in [0, 0.05) is 19.3 Å². The van der Waals surface area contributed by atoms with E-state index in [1.165, 1.54) is 38.0 Å². The van der Waals surface area contributed by atoms with Crippen LogP contribution in [0.3, 0.4) is 0 Å². The van der Waals surface area contributed by atoms with Crippen LogP contribution in [-0.4, -0.2) is 41.4 Å². The highest BCUT2D eigenvalue weighted by Crippen LogP contribution is 2.27. The summed E-state index contributed by atoms with van der Waals surface area (Å²) in [5.74, 6) is 0.910. The summed E-state index contributed by atoms with van der Waals surface area (Å²) in [7, 11) is 4.07. The third-order valence-corrected chi connectivity index (χ3v) is 4.29. The van der Waals surface area contributed by atoms with E-state index in [1.807, 2.05) is 25.0 Å². The van der Waals surface area contributed by atoms with Gasteiger partial charge in [0.05, 0.1) is 5.69 Å². The van der Waals surface area contributed by atoms with Crippen LogP contribution in [0.1, 0.15) is 37.9 Å². The highest BCUT2D eigenvalue weighted by atomic mass is 15.3. The van der Waals surface area contributed by atoms with Crippen molar-refractivity contribution in [2.24, 2.45) is 13.0 Å². The van der Waals surface area contributed by atoms with E-state index in [0.717, 1.165) is 12.5 Å². The molecule has 4 heteroatoms. The Morgan fingerprint density at radius 3 is 2.72 bits per heavy atom. The maximum Gasteiger partial charge on any atom is 0.0549 e. The van der Waals surface area contributed by atoms with Crippen molar-refractivity contribution in [2.45, 2.75) is 32.2 Å². The van der Waals surface area contributed by atoms with Crippen molar-refractivity contribution < 1.29 is 0 Å². The molecule has 0 amide bonds. The van der Waals surface area contributed by atoms with Gasteiger partial charge < -0.3 is 5.32 Å². The van der Waals surface area contributed by atoms with Gasteiger partial charge in [0.25, 0.3) is 0 Å². The number of hydrogen-bond donors (Lipinski definition) is 1. The van der Waals surface area contributed by atoms with Crippen molar-refractivity contribution in [3.63, 3.8) is 0 Å². The van der Waals surface area contributed by atoms with Gasteiger partial charge in [-0.3, -0.25) is 9.58 Å². The predicted molar refractivity (Wildman–Crippen MR) is 74.5 cm³/mol. The molecule has 0 aromatic carbocycles. The molecule has 18 heavy (non-hydrogen) atoms. The lowest BCUT2D eigenvalue weighted by molar-refractivity contribution is 0.133. The number of likely N-dealkylation sites (tertiary alicyclic amines) is 1. The summed E-state index contributed by atoms with van der Waals surface area (Å²) in [6.07, 6.45) is 5.89. The first-order valence-electron chi connectivity index (χ1n) is 7.09. The molecule has 0 spiro atoms. The van der Waals surface area contributed by atoms with Gasteiger partial charge in [0.1, 0.15) is 0 Å². The van der Waals surface area contributed by atoms with Crippen molar-refractivity contribution in [3.05, 3.63) is 18.0 Å². The van der Waals surface area contributed by atoms with Crippen molar-refractivity contribution >= 4 is 0 Å². The largest absolute Gasteiger partial charge is 0.320 e. The summed E-state index contributed by atoms with van der Waals surface area (Å²) in [4.78, 5) is 2.59. The van der Waals surface area contributed by atoms with E-state index in [9.17, 15) is 0 Å². The molecule has 1 unspecified atom stereocenters. The van der Waals surface area contributed by atoms with Gasteiger partial charge >= 0.3 is 0 Å². The molecular formula is C14H26N4. The highest BCUT2D eigenvalue weighted by molar-refractivity contribution is 5.06. The molecule has 0 aliphatic carbocycles. The SMILES string of the molecule is CNCCC1CCN(C(C)c2ccnn2C)CC1. The summed E-state index contributed by atoms with van der Waals surface area (Å²) in [5, 5.41) is 7.52. The Balaban J connectivity index is 1.84. The van der Waals surface area contributed by atoms with Crippen LogP contribution < -0.4 is 5.32 Å². The summed E-state index contributed by atoms with van der Waals surface area (Å²) >= 11 is 0. The van der Waals surface area contributed by atoms with Crippen LogP contribution in [0.5, 0.6) is 0 Å². The zero-order chi connectivity index (χ0) is 13.0. The molecule has 1 aliphatic rings. The number of hydrogen-bond acceptors (Lipinski definition) is 3. The van der Waals surface area contributed by atoms with Crippen LogP contribution >= 0.6 is 0 Å². The van der Waals surface area contributed by atoms with E-state index < -0.39 is 0 Å². The molecule has 1 fully saturated rings. The summed E-state index contributed by atoms with van der Waals surface area (Å²) < 4.78 is 2.00. The maximum atomic E-state index is 4.27. The molecule has 1 saturated heterocycles. The quantitative estimate of drug-likeness (QED) is 0.865. The van der Waals surface area contributed by atoms with Crippen LogP contribution in [0.25, 0.3) is 0 Å². The second-order valence-electron chi connectivity index (χ2n) is 5.43. The first kappa shape index (κ1) is 13.6. The van der Waals surface area contributed by atoms with Crippen molar-refractivity contribution in [1.29, 1.82) is 0 Å². The normalized spacial score (nSPS) is 20.2. The highest BCUT2D eigenvalue weighted by Gasteiger charge is 2.24. The average molecular weight is 250 g/mol. The number of rotatable bonds is 5. The number of piperidine rings is 1. The molecule has 102 valence electrons. The van der Waals surface area contributed by atoms with Crippen LogP contribution in [0, 0.1) is 5.92 Å². The molecular weight excluding hydrogens is 224 g/mol. The molecule has 0 bridgehead atoms. The zero-order valence-corrected chi connectivity index (χ0v) is 11.9. The van der Waals surface area contributed by atoms with Gasteiger partial charge in [0.2, 0.25) is 0 Å². The van der Waals surface area contributed by atoms with Crippen LogP contribution in [0.4, 0.5) is 0 Å². The van der Waals surface area contributed by atoms with Gasteiger partial charge in [0.15, 0.2) is 0 Å². The second-order valence-corrected chi connectivity index (χ2v) is 5.43. The van der Waals surface area contributed by atoms with Gasteiger partial charge in [-0.25, -0.2) is 0 Å². The predicted octanol–water partition coefficient (Wildman–Crippen LogP) is 1.80. The summed E-state index contributed by atoms with van der Waals surface area (Å²) in [5.41, 5.74) is 1.32. The summed E-state index contributed by atoms with van der Waals surface area (Å²) in [6.45, 7) is 5.90. The van der Waals surface area contributed by atoms with Crippen molar-refractivity contribution in [1.82, 2.24) is 20.0 Å². The third kappa shape index (κ3) is 3.12. The molecule has 2 rings (SSSR count). The minimum absolute atomic E-state index is 0.489. The molecule has 0 saturated carbocycles. The molecule has 1 aromatic heterocycles. The minimum Gasteiger partial charge on any atom is -0.320 e. The molecule has 1 atom stereocenters. The van der Waals surface area contributed by atoms with Gasteiger partial charge in [-0.2, -0.15) is 5.10 Å². The Morgan fingerprint density at radius 1 is 1.44 bits per heavy atom. The first-order chi connectivity index (χ1) is 8.72. The van der Waals surface area contributed by atoms with Crippen molar-refractivity contribution in [2.75, 3.05) is 26.7 Å². The standard InChI is InChI=1S/C14H26N4/c1-12(14-5-9-16-17(14)3)18-10-6-13(7-11-18)4-8-15-2/h5,9,12-13,15H,4,6-8,10-11H2,1-3H3. The van der Waals surface area contributed by atoms with Gasteiger partial charge in [-0.15, -0.1) is 0 Å². The molecule has 0 radical (unpaired) electrons. The lowest BCUT2D eigenvalue weighted by Gasteiger charge is -2.36. The Bertz CT molecular complexity index is 352. The fraction of sp³-hybridized carbons (Fsp3) is 0.786. The molecule has 2 heterocycles. The maximum absolute atomic E-state index is 4.27. The lowest BCUT2D eigenvalue weighted by Crippen LogP contribution is -2.37. The first-order valence-corrected chi connectivity index (χ1v) is 7.09. The van der Waals surface area contributed by atoms with Crippen LogP contribution in [0.15, 0.2) is 12.3 Å². The molecule has 4 nitrogen and oxygen atoms in total. The Kier molecular flexibility index (Phi) is 4.78. The lowest BCUT2D eigenvalue weighted by atomic mass is 9.92. The van der Waals surface area contributed by atoms with Crippen LogP contribution in [-0.2, 0) is 7.05 Å². The Labute approximate surface area is 110 Å². The number of nitrogens with zero attached hydrogens (tertiary/aromatic N) is 3. The Hall–Kier alpha value is -0.870. The van der Waals surface area contributed by atoms with E-state index in [-0.39, 0.29) is 0 Å². The zero-order valence-electron chi connectivity index (χ0n) is 11.9. The van der Waals surface area contributed by atoms with E-state index in [2.05, 4.69) is 28.3 Å². The smallest absolute Gasteiger partial charge is 0.0549 e. The topological polar surface area (TPSA) is 33.1 Å². The molecule has 1 aromatic rings. The van der Waals surface area contributed by atoms with E-state index >= 15 is 0 Å². The fourth-order valence-corrected chi connectivity index (χ4v) is 2.96. The van der Waals surface area contributed by atoms with Gasteiger partial charge in [-0.05, 0) is 64.9 Å². The third-order valence-electron chi connectivity index (χ3n) is 4.29. The van der Waals surface area contributed by atoms with Crippen molar-refractivity contribution in [3.8, 4) is 0 Å². The van der Waals surface area contributed by atoms with E-state index in [1.54, 1.807) is 0 Å². The molecule has 1 N–H and O–H groups in total. The number of aryl methyl sites for hydroxylation is 1. The Morgan fingerprint density at radius 2 is 2.17 bits per heavy atom. The number of aromatic nitrogens is 2. The fourth-order valence-electron chi connectivity index (χ4n) is 2.96. The molecule has 1 aliphatic heterocycles.